The summed E-state index contributed by atoms with van der Waals surface area (Å²) >= 11 is 0. The van der Waals surface area contributed by atoms with Crippen molar-refractivity contribution in [3.05, 3.63) is 54.1 Å². The number of benzene rings is 1. The van der Waals surface area contributed by atoms with Crippen LogP contribution < -0.4 is 10.6 Å². The van der Waals surface area contributed by atoms with E-state index in [0.29, 0.717) is 12.5 Å². The third kappa shape index (κ3) is 7.88. The molecule has 0 amide bonds. The van der Waals surface area contributed by atoms with Gasteiger partial charge in [-0.3, -0.25) is 9.89 Å². The van der Waals surface area contributed by atoms with Crippen LogP contribution in [0.3, 0.4) is 0 Å². The van der Waals surface area contributed by atoms with Crippen LogP contribution in [0.5, 0.6) is 0 Å². The molecule has 0 radical (unpaired) electrons. The van der Waals surface area contributed by atoms with E-state index in [9.17, 15) is 0 Å². The van der Waals surface area contributed by atoms with Gasteiger partial charge in [-0.2, -0.15) is 0 Å². The molecule has 7 nitrogen and oxygen atoms in total. The first-order valence-corrected chi connectivity index (χ1v) is 10.5. The van der Waals surface area contributed by atoms with Gasteiger partial charge in [-0.05, 0) is 11.5 Å². The molecule has 2 N–H and O–H groups in total. The molecular formula is C22H35IN6O. The molecule has 0 saturated carbocycles. The second kappa shape index (κ2) is 12.9. The number of hydrogen-bond donors (Lipinski definition) is 2. The minimum Gasteiger partial charge on any atom is -0.374 e. The fraction of sp³-hybridized carbons (Fsp3) is 0.545. The van der Waals surface area contributed by atoms with Gasteiger partial charge in [0.15, 0.2) is 5.96 Å². The Bertz CT molecular complexity index is 764. The van der Waals surface area contributed by atoms with Crippen molar-refractivity contribution in [2.45, 2.75) is 33.0 Å². The van der Waals surface area contributed by atoms with Crippen molar-refractivity contribution in [3.8, 4) is 0 Å². The molecule has 2 aromatic rings. The third-order valence-electron chi connectivity index (χ3n) is 4.98. The number of aromatic nitrogens is 2. The van der Waals surface area contributed by atoms with Gasteiger partial charge in [0.1, 0.15) is 5.82 Å². The first-order valence-electron chi connectivity index (χ1n) is 10.5. The Kier molecular flexibility index (Phi) is 10.6. The van der Waals surface area contributed by atoms with E-state index in [-0.39, 0.29) is 30.1 Å². The summed E-state index contributed by atoms with van der Waals surface area (Å²) in [7, 11) is 1.79. The van der Waals surface area contributed by atoms with Gasteiger partial charge in [0, 0.05) is 52.2 Å². The molecule has 0 spiro atoms. The Labute approximate surface area is 197 Å². The quantitative estimate of drug-likeness (QED) is 0.315. The summed E-state index contributed by atoms with van der Waals surface area (Å²) in [6.07, 6.45) is 4.04. The molecule has 30 heavy (non-hydrogen) atoms. The number of nitrogens with zero attached hydrogens (tertiary/aromatic N) is 4. The zero-order valence-electron chi connectivity index (χ0n) is 18.3. The Balaban J connectivity index is 0.00000320. The van der Waals surface area contributed by atoms with Crippen LogP contribution in [0.4, 0.5) is 0 Å². The number of aliphatic imine (C=N–C) groups is 1. The summed E-state index contributed by atoms with van der Waals surface area (Å²) in [5, 5.41) is 6.76. The molecule has 1 unspecified atom stereocenters. The summed E-state index contributed by atoms with van der Waals surface area (Å²) in [6, 6.07) is 10.4. The number of guanidine groups is 1. The smallest absolute Gasteiger partial charge is 0.191 e. The van der Waals surface area contributed by atoms with E-state index < -0.39 is 0 Å². The lowest BCUT2D eigenvalue weighted by molar-refractivity contribution is -0.0284. The van der Waals surface area contributed by atoms with Crippen LogP contribution >= 0.6 is 24.0 Å². The third-order valence-corrected chi connectivity index (χ3v) is 4.98. The van der Waals surface area contributed by atoms with Gasteiger partial charge >= 0.3 is 0 Å². The van der Waals surface area contributed by atoms with Crippen molar-refractivity contribution in [1.29, 1.82) is 0 Å². The van der Waals surface area contributed by atoms with Crippen molar-refractivity contribution in [2.24, 2.45) is 10.9 Å². The van der Waals surface area contributed by atoms with Crippen molar-refractivity contribution >= 4 is 29.9 Å². The maximum Gasteiger partial charge on any atom is 0.191 e. The summed E-state index contributed by atoms with van der Waals surface area (Å²) in [5.74, 6) is 2.42. The lowest BCUT2D eigenvalue weighted by atomic mass is 10.2. The second-order valence-corrected chi connectivity index (χ2v) is 7.91. The van der Waals surface area contributed by atoms with E-state index in [1.165, 1.54) is 5.56 Å². The molecule has 1 aromatic heterocycles. The number of ether oxygens (including phenoxy) is 1. The topological polar surface area (TPSA) is 66.7 Å². The average Bonchev–Trinajstić information content (AvgIpc) is 3.15. The van der Waals surface area contributed by atoms with Crippen LogP contribution in [0.25, 0.3) is 0 Å². The number of imidazole rings is 1. The number of hydrogen-bond acceptors (Lipinski definition) is 4. The lowest BCUT2D eigenvalue weighted by Crippen LogP contribution is -2.50. The van der Waals surface area contributed by atoms with E-state index in [1.54, 1.807) is 7.05 Å². The first-order chi connectivity index (χ1) is 14.1. The highest BCUT2D eigenvalue weighted by Crippen LogP contribution is 2.08. The van der Waals surface area contributed by atoms with Gasteiger partial charge < -0.3 is 19.9 Å². The second-order valence-electron chi connectivity index (χ2n) is 7.91. The van der Waals surface area contributed by atoms with Crippen LogP contribution in [-0.2, 0) is 17.8 Å². The Hall–Kier alpha value is -1.65. The minimum atomic E-state index is 0. The first kappa shape index (κ1) is 24.6. The van der Waals surface area contributed by atoms with E-state index in [4.69, 9.17) is 4.74 Å². The number of morpholine rings is 1. The van der Waals surface area contributed by atoms with Gasteiger partial charge in [-0.1, -0.05) is 44.2 Å². The number of rotatable bonds is 8. The maximum atomic E-state index is 5.92. The Morgan fingerprint density at radius 2 is 2.07 bits per heavy atom. The van der Waals surface area contributed by atoms with Gasteiger partial charge in [-0.15, -0.1) is 24.0 Å². The van der Waals surface area contributed by atoms with Crippen molar-refractivity contribution in [1.82, 2.24) is 25.1 Å². The lowest BCUT2D eigenvalue weighted by Gasteiger charge is -2.34. The standard InChI is InChI=1S/C22H34N6O.HI/c1-18(2)15-27-11-12-29-20(17-27)13-25-22(23-3)26-14-21-24-9-10-28(21)16-19-7-5-4-6-8-19;/h4-10,18,20H,11-17H2,1-3H3,(H2,23,25,26);1H. The van der Waals surface area contributed by atoms with Gasteiger partial charge in [0.05, 0.1) is 19.3 Å². The SMILES string of the molecule is CN=C(NCc1nccn1Cc1ccccc1)NCC1CN(CC(C)C)CCO1.I. The Morgan fingerprint density at radius 1 is 1.27 bits per heavy atom. The van der Waals surface area contributed by atoms with Gasteiger partial charge in [-0.25, -0.2) is 4.98 Å². The van der Waals surface area contributed by atoms with Gasteiger partial charge in [0.2, 0.25) is 0 Å². The molecular weight excluding hydrogens is 491 g/mol. The van der Waals surface area contributed by atoms with Crippen LogP contribution in [0.2, 0.25) is 0 Å². The zero-order valence-corrected chi connectivity index (χ0v) is 20.6. The van der Waals surface area contributed by atoms with E-state index in [1.807, 2.05) is 18.5 Å². The van der Waals surface area contributed by atoms with E-state index >= 15 is 0 Å². The molecule has 1 saturated heterocycles. The molecule has 1 atom stereocenters. The largest absolute Gasteiger partial charge is 0.374 e. The van der Waals surface area contributed by atoms with Crippen LogP contribution in [-0.4, -0.2) is 66.3 Å². The van der Waals surface area contributed by atoms with E-state index in [2.05, 4.69) is 68.2 Å². The normalized spacial score (nSPS) is 17.6. The average molecular weight is 526 g/mol. The molecule has 1 aliphatic rings. The zero-order chi connectivity index (χ0) is 20.5. The number of halogens is 1. The molecule has 1 fully saturated rings. The monoisotopic (exact) mass is 526 g/mol. The summed E-state index contributed by atoms with van der Waals surface area (Å²) in [4.78, 5) is 11.3. The predicted octanol–water partition coefficient (Wildman–Crippen LogP) is 2.57. The summed E-state index contributed by atoms with van der Waals surface area (Å²) < 4.78 is 8.07. The van der Waals surface area contributed by atoms with Crippen molar-refractivity contribution < 1.29 is 4.74 Å². The highest BCUT2D eigenvalue weighted by molar-refractivity contribution is 14.0. The molecule has 1 aromatic carbocycles. The molecule has 8 heteroatoms. The summed E-state index contributed by atoms with van der Waals surface area (Å²) in [5.41, 5.74) is 1.26. The number of nitrogens with one attached hydrogen (secondary N) is 2. The molecule has 0 aliphatic carbocycles. The highest BCUT2D eigenvalue weighted by atomic mass is 127. The molecule has 3 rings (SSSR count). The van der Waals surface area contributed by atoms with E-state index in [0.717, 1.165) is 51.1 Å². The Morgan fingerprint density at radius 3 is 2.80 bits per heavy atom. The molecule has 166 valence electrons. The van der Waals surface area contributed by atoms with Crippen LogP contribution in [0, 0.1) is 5.92 Å². The van der Waals surface area contributed by atoms with Gasteiger partial charge in [0.25, 0.3) is 0 Å². The molecule has 1 aliphatic heterocycles. The molecule has 0 bridgehead atoms. The van der Waals surface area contributed by atoms with Crippen molar-refractivity contribution in [2.75, 3.05) is 39.8 Å². The predicted molar refractivity (Wildman–Crippen MR) is 132 cm³/mol. The fourth-order valence-electron chi connectivity index (χ4n) is 3.61. The van der Waals surface area contributed by atoms with Crippen LogP contribution in [0.15, 0.2) is 47.7 Å². The maximum absolute atomic E-state index is 5.92. The fourth-order valence-corrected chi connectivity index (χ4v) is 3.61. The van der Waals surface area contributed by atoms with Crippen LogP contribution in [0.1, 0.15) is 25.2 Å². The highest BCUT2D eigenvalue weighted by Gasteiger charge is 2.21. The molecule has 2 heterocycles. The minimum absolute atomic E-state index is 0. The van der Waals surface area contributed by atoms with Crippen molar-refractivity contribution in [3.63, 3.8) is 0 Å². The summed E-state index contributed by atoms with van der Waals surface area (Å²) in [6.45, 7) is 10.6.